The molecule has 0 aromatic heterocycles. The van der Waals surface area contributed by atoms with Crippen LogP contribution < -0.4 is 4.74 Å². The monoisotopic (exact) mass is 193 g/mol. The van der Waals surface area contributed by atoms with Gasteiger partial charge in [0.25, 0.3) is 0 Å². The van der Waals surface area contributed by atoms with Crippen LogP contribution >= 0.6 is 0 Å². The molecule has 0 saturated heterocycles. The minimum atomic E-state index is -1.05. The summed E-state index contributed by atoms with van der Waals surface area (Å²) >= 11 is 0. The van der Waals surface area contributed by atoms with E-state index in [-0.39, 0.29) is 6.42 Å². The number of nitro groups is 1. The van der Waals surface area contributed by atoms with Crippen molar-refractivity contribution in [2.75, 3.05) is 0 Å². The van der Waals surface area contributed by atoms with Crippen LogP contribution in [0.1, 0.15) is 6.42 Å². The highest BCUT2D eigenvalue weighted by Crippen LogP contribution is 2.12. The molecule has 0 aliphatic rings. The molecule has 1 aromatic carbocycles. The lowest BCUT2D eigenvalue weighted by Crippen LogP contribution is -2.25. The lowest BCUT2D eigenvalue weighted by atomic mass is 10.3. The van der Waals surface area contributed by atoms with Gasteiger partial charge >= 0.3 is 6.23 Å². The van der Waals surface area contributed by atoms with E-state index in [4.69, 9.17) is 4.74 Å². The molecule has 0 amide bonds. The van der Waals surface area contributed by atoms with Crippen LogP contribution in [0.3, 0.4) is 0 Å². The van der Waals surface area contributed by atoms with Crippen molar-refractivity contribution in [3.05, 3.63) is 53.1 Å². The Kier molecular flexibility index (Phi) is 3.67. The van der Waals surface area contributed by atoms with E-state index < -0.39 is 11.2 Å². The first-order valence-corrected chi connectivity index (χ1v) is 4.20. The minimum absolute atomic E-state index is 0.196. The van der Waals surface area contributed by atoms with Gasteiger partial charge in [0.15, 0.2) is 0 Å². The maximum absolute atomic E-state index is 10.5. The fourth-order valence-corrected chi connectivity index (χ4v) is 0.976. The minimum Gasteiger partial charge on any atom is -0.430 e. The largest absolute Gasteiger partial charge is 0.430 e. The van der Waals surface area contributed by atoms with Crippen molar-refractivity contribution in [3.8, 4) is 5.75 Å². The molecule has 4 nitrogen and oxygen atoms in total. The fraction of sp³-hybridized carbons (Fsp3) is 0.200. The molecule has 14 heavy (non-hydrogen) atoms. The second-order valence-corrected chi connectivity index (χ2v) is 2.70. The molecule has 0 fully saturated rings. The first-order chi connectivity index (χ1) is 6.74. The Bertz CT molecular complexity index is 310. The van der Waals surface area contributed by atoms with Crippen molar-refractivity contribution in [1.82, 2.24) is 0 Å². The predicted molar refractivity (Wildman–Crippen MR) is 52.7 cm³/mol. The molecule has 0 aliphatic carbocycles. The summed E-state index contributed by atoms with van der Waals surface area (Å²) < 4.78 is 5.15. The lowest BCUT2D eigenvalue weighted by Gasteiger charge is -2.09. The Morgan fingerprint density at radius 3 is 2.64 bits per heavy atom. The van der Waals surface area contributed by atoms with Crippen molar-refractivity contribution in [2.24, 2.45) is 0 Å². The summed E-state index contributed by atoms with van der Waals surface area (Å²) in [5, 5.41) is 10.5. The third-order valence-corrected chi connectivity index (χ3v) is 1.62. The van der Waals surface area contributed by atoms with Crippen LogP contribution in [0.25, 0.3) is 0 Å². The zero-order valence-electron chi connectivity index (χ0n) is 7.63. The van der Waals surface area contributed by atoms with E-state index in [0.717, 1.165) is 0 Å². The summed E-state index contributed by atoms with van der Waals surface area (Å²) in [5.41, 5.74) is 0. The Morgan fingerprint density at radius 2 is 2.14 bits per heavy atom. The summed E-state index contributed by atoms with van der Waals surface area (Å²) in [6.07, 6.45) is 0.619. The maximum Gasteiger partial charge on any atom is 0.357 e. The van der Waals surface area contributed by atoms with Crippen molar-refractivity contribution in [1.29, 1.82) is 0 Å². The van der Waals surface area contributed by atoms with Gasteiger partial charge < -0.3 is 4.74 Å². The van der Waals surface area contributed by atoms with Crippen LogP contribution in [0, 0.1) is 10.1 Å². The second kappa shape index (κ2) is 5.01. The number of ether oxygens (including phenoxy) is 1. The molecule has 0 heterocycles. The third kappa shape index (κ3) is 2.90. The number of hydrogen-bond donors (Lipinski definition) is 0. The average Bonchev–Trinajstić information content (AvgIpc) is 2.18. The van der Waals surface area contributed by atoms with Gasteiger partial charge in [-0.1, -0.05) is 24.3 Å². The first-order valence-electron chi connectivity index (χ1n) is 4.20. The van der Waals surface area contributed by atoms with E-state index in [1.165, 1.54) is 6.08 Å². The number of para-hydroxylation sites is 1. The van der Waals surface area contributed by atoms with E-state index in [1.54, 1.807) is 24.3 Å². The molecule has 74 valence electrons. The standard InChI is InChI=1S/C10H11NO3/c1-2-6-10(11(12)13)14-9-7-4-3-5-8-9/h2-5,7-8,10H,1,6H2. The molecule has 1 atom stereocenters. The molecule has 0 spiro atoms. The lowest BCUT2D eigenvalue weighted by molar-refractivity contribution is -0.561. The zero-order valence-corrected chi connectivity index (χ0v) is 7.63. The van der Waals surface area contributed by atoms with Crippen LogP contribution in [-0.2, 0) is 0 Å². The van der Waals surface area contributed by atoms with Gasteiger partial charge in [-0.3, -0.25) is 10.1 Å². The number of hydrogen-bond acceptors (Lipinski definition) is 3. The SMILES string of the molecule is C=CCC(Oc1ccccc1)[N+](=O)[O-]. The maximum atomic E-state index is 10.5. The number of benzene rings is 1. The highest BCUT2D eigenvalue weighted by molar-refractivity contribution is 5.21. The smallest absolute Gasteiger partial charge is 0.357 e. The summed E-state index contributed by atoms with van der Waals surface area (Å²) in [5.74, 6) is 0.496. The van der Waals surface area contributed by atoms with Crippen molar-refractivity contribution in [3.63, 3.8) is 0 Å². The molecule has 0 radical (unpaired) electrons. The van der Waals surface area contributed by atoms with Gasteiger partial charge in [-0.15, -0.1) is 6.58 Å². The van der Waals surface area contributed by atoms with Crippen molar-refractivity contribution >= 4 is 0 Å². The zero-order chi connectivity index (χ0) is 10.4. The molecule has 0 N–H and O–H groups in total. The topological polar surface area (TPSA) is 52.4 Å². The van der Waals surface area contributed by atoms with Gasteiger partial charge in [0.05, 0.1) is 11.3 Å². The quantitative estimate of drug-likeness (QED) is 0.312. The average molecular weight is 193 g/mol. The summed E-state index contributed by atoms with van der Waals surface area (Å²) in [4.78, 5) is 10.1. The van der Waals surface area contributed by atoms with Gasteiger partial charge in [-0.25, -0.2) is 0 Å². The predicted octanol–water partition coefficient (Wildman–Crippen LogP) is 2.24. The van der Waals surface area contributed by atoms with Gasteiger partial charge in [0.1, 0.15) is 5.75 Å². The van der Waals surface area contributed by atoms with Crippen LogP contribution in [0.5, 0.6) is 5.75 Å². The Balaban J connectivity index is 2.64. The highest BCUT2D eigenvalue weighted by atomic mass is 16.7. The van der Waals surface area contributed by atoms with Gasteiger partial charge in [0, 0.05) is 0 Å². The van der Waals surface area contributed by atoms with Crippen LogP contribution in [-0.4, -0.2) is 11.2 Å². The molecule has 0 bridgehead atoms. The summed E-state index contributed by atoms with van der Waals surface area (Å²) in [6, 6.07) is 8.71. The Labute approximate surface area is 82.0 Å². The normalized spacial score (nSPS) is 11.7. The molecular formula is C10H11NO3. The summed E-state index contributed by atoms with van der Waals surface area (Å²) in [6.45, 7) is 3.44. The number of rotatable bonds is 5. The first kappa shape index (κ1) is 10.2. The highest BCUT2D eigenvalue weighted by Gasteiger charge is 2.19. The molecule has 4 heteroatoms. The molecule has 0 aliphatic heterocycles. The fourth-order valence-electron chi connectivity index (χ4n) is 0.976. The van der Waals surface area contributed by atoms with E-state index in [2.05, 4.69) is 6.58 Å². The molecule has 0 saturated carbocycles. The van der Waals surface area contributed by atoms with E-state index in [9.17, 15) is 10.1 Å². The molecule has 1 unspecified atom stereocenters. The van der Waals surface area contributed by atoms with Crippen molar-refractivity contribution < 1.29 is 9.66 Å². The molecule has 1 rings (SSSR count). The Morgan fingerprint density at radius 1 is 1.50 bits per heavy atom. The Hall–Kier alpha value is -1.84. The van der Waals surface area contributed by atoms with Gasteiger partial charge in [-0.05, 0) is 12.1 Å². The third-order valence-electron chi connectivity index (χ3n) is 1.62. The second-order valence-electron chi connectivity index (χ2n) is 2.70. The van der Waals surface area contributed by atoms with E-state index in [0.29, 0.717) is 5.75 Å². The van der Waals surface area contributed by atoms with Crippen LogP contribution in [0.2, 0.25) is 0 Å². The van der Waals surface area contributed by atoms with E-state index >= 15 is 0 Å². The number of nitrogens with zero attached hydrogens (tertiary/aromatic N) is 1. The van der Waals surface area contributed by atoms with Crippen molar-refractivity contribution in [2.45, 2.75) is 12.6 Å². The van der Waals surface area contributed by atoms with E-state index in [1.807, 2.05) is 6.07 Å². The molecule has 1 aromatic rings. The van der Waals surface area contributed by atoms with Gasteiger partial charge in [-0.2, -0.15) is 0 Å². The van der Waals surface area contributed by atoms with Crippen LogP contribution in [0.4, 0.5) is 0 Å². The summed E-state index contributed by atoms with van der Waals surface area (Å²) in [7, 11) is 0. The molecular weight excluding hydrogens is 182 g/mol. The van der Waals surface area contributed by atoms with Gasteiger partial charge in [0.2, 0.25) is 0 Å². The van der Waals surface area contributed by atoms with Crippen LogP contribution in [0.15, 0.2) is 43.0 Å².